The van der Waals surface area contributed by atoms with Crippen molar-refractivity contribution in [1.82, 2.24) is 9.80 Å². The summed E-state index contributed by atoms with van der Waals surface area (Å²) in [5, 5.41) is 3.61. The summed E-state index contributed by atoms with van der Waals surface area (Å²) in [6, 6.07) is 18.5. The molecule has 1 N–H and O–H groups in total. The third-order valence-corrected chi connectivity index (χ3v) is 6.03. The minimum atomic E-state index is -0.0208. The Labute approximate surface area is 166 Å². The van der Waals surface area contributed by atoms with E-state index in [2.05, 4.69) is 40.5 Å². The number of rotatable bonds is 4. The summed E-state index contributed by atoms with van der Waals surface area (Å²) in [4.78, 5) is 16.8. The molecule has 0 radical (unpaired) electrons. The van der Waals surface area contributed by atoms with Gasteiger partial charge in [-0.3, -0.25) is 4.90 Å². The van der Waals surface area contributed by atoms with Gasteiger partial charge >= 0.3 is 6.03 Å². The summed E-state index contributed by atoms with van der Waals surface area (Å²) in [7, 11) is 0. The van der Waals surface area contributed by atoms with E-state index in [4.69, 9.17) is 11.6 Å². The molecule has 2 aromatic carbocycles. The number of halogens is 1. The van der Waals surface area contributed by atoms with Gasteiger partial charge in [0.2, 0.25) is 0 Å². The quantitative estimate of drug-likeness (QED) is 0.843. The molecule has 4 nitrogen and oxygen atoms in total. The molecule has 2 amide bonds. The maximum atomic E-state index is 12.3. The molecule has 5 heteroatoms. The Balaban J connectivity index is 1.19. The highest BCUT2D eigenvalue weighted by atomic mass is 35.5. The van der Waals surface area contributed by atoms with Crippen LogP contribution in [0.5, 0.6) is 0 Å². The average Bonchev–Trinajstić information content (AvgIpc) is 2.65. The van der Waals surface area contributed by atoms with Gasteiger partial charge in [0, 0.05) is 29.8 Å². The minimum absolute atomic E-state index is 0.0208. The van der Waals surface area contributed by atoms with E-state index >= 15 is 0 Å². The van der Waals surface area contributed by atoms with E-state index in [1.54, 1.807) is 12.1 Å². The summed E-state index contributed by atoms with van der Waals surface area (Å²) in [5.41, 5.74) is 2.24. The fourth-order valence-corrected chi connectivity index (χ4v) is 4.18. The topological polar surface area (TPSA) is 35.6 Å². The SMILES string of the molecule is O=C(Nc1ccc(Cl)cc1)N1CC(N2CCC(Cc3ccccc3)CC2)C1. The van der Waals surface area contributed by atoms with Crippen LogP contribution >= 0.6 is 11.6 Å². The predicted molar refractivity (Wildman–Crippen MR) is 110 cm³/mol. The number of anilines is 1. The monoisotopic (exact) mass is 383 g/mol. The molecule has 2 aliphatic rings. The number of nitrogens with one attached hydrogen (secondary N) is 1. The maximum Gasteiger partial charge on any atom is 0.321 e. The molecule has 0 unspecified atom stereocenters. The molecule has 0 bridgehead atoms. The van der Waals surface area contributed by atoms with E-state index in [-0.39, 0.29) is 6.03 Å². The zero-order valence-corrected chi connectivity index (χ0v) is 16.2. The number of hydrogen-bond donors (Lipinski definition) is 1. The Bertz CT molecular complexity index is 751. The standard InChI is InChI=1S/C22H26ClN3O/c23-19-6-8-20(9-7-19)24-22(27)26-15-21(16-26)25-12-10-18(11-13-25)14-17-4-2-1-3-5-17/h1-9,18,21H,10-16H2,(H,24,27). The smallest absolute Gasteiger partial charge is 0.321 e. The molecule has 4 rings (SSSR count). The van der Waals surface area contributed by atoms with Crippen LogP contribution in [0.15, 0.2) is 54.6 Å². The molecule has 2 aliphatic heterocycles. The van der Waals surface area contributed by atoms with E-state index in [1.165, 1.54) is 24.8 Å². The third-order valence-electron chi connectivity index (χ3n) is 5.78. The molecule has 2 aromatic rings. The van der Waals surface area contributed by atoms with E-state index < -0.39 is 0 Å². The molecular weight excluding hydrogens is 358 g/mol. The first-order valence-electron chi connectivity index (χ1n) is 9.77. The molecule has 0 aliphatic carbocycles. The van der Waals surface area contributed by atoms with Crippen LogP contribution in [-0.4, -0.2) is 48.1 Å². The molecule has 2 saturated heterocycles. The van der Waals surface area contributed by atoms with Crippen molar-refractivity contribution >= 4 is 23.3 Å². The number of urea groups is 1. The van der Waals surface area contributed by atoms with Gasteiger partial charge in [-0.25, -0.2) is 4.79 Å². The van der Waals surface area contributed by atoms with Crippen LogP contribution in [-0.2, 0) is 6.42 Å². The molecule has 0 atom stereocenters. The van der Waals surface area contributed by atoms with Crippen LogP contribution in [0.25, 0.3) is 0 Å². The van der Waals surface area contributed by atoms with Crippen molar-refractivity contribution in [2.24, 2.45) is 5.92 Å². The zero-order chi connectivity index (χ0) is 18.6. The lowest BCUT2D eigenvalue weighted by atomic mass is 9.89. The van der Waals surface area contributed by atoms with Gasteiger partial charge < -0.3 is 10.2 Å². The van der Waals surface area contributed by atoms with E-state index in [9.17, 15) is 4.79 Å². The third kappa shape index (κ3) is 4.63. The van der Waals surface area contributed by atoms with Gasteiger partial charge in [-0.2, -0.15) is 0 Å². The summed E-state index contributed by atoms with van der Waals surface area (Å²) in [5.74, 6) is 0.785. The first-order valence-corrected chi connectivity index (χ1v) is 10.1. The molecule has 142 valence electrons. The lowest BCUT2D eigenvalue weighted by Gasteiger charge is -2.47. The minimum Gasteiger partial charge on any atom is -0.321 e. The van der Waals surface area contributed by atoms with Crippen LogP contribution in [0.3, 0.4) is 0 Å². The highest BCUT2D eigenvalue weighted by Gasteiger charge is 2.36. The number of benzene rings is 2. The first kappa shape index (κ1) is 18.3. The maximum absolute atomic E-state index is 12.3. The molecule has 0 saturated carbocycles. The second kappa shape index (κ2) is 8.32. The summed E-state index contributed by atoms with van der Waals surface area (Å²) < 4.78 is 0. The van der Waals surface area contributed by atoms with Gasteiger partial charge in [0.15, 0.2) is 0 Å². The molecule has 27 heavy (non-hydrogen) atoms. The molecule has 0 aromatic heterocycles. The zero-order valence-electron chi connectivity index (χ0n) is 15.5. The summed E-state index contributed by atoms with van der Waals surface area (Å²) in [6.07, 6.45) is 3.69. The average molecular weight is 384 g/mol. The number of amides is 2. The first-order chi connectivity index (χ1) is 13.2. The number of nitrogens with zero attached hydrogens (tertiary/aromatic N) is 2. The van der Waals surface area contributed by atoms with Crippen molar-refractivity contribution in [2.45, 2.75) is 25.3 Å². The predicted octanol–water partition coefficient (Wildman–Crippen LogP) is 4.51. The van der Waals surface area contributed by atoms with Gasteiger partial charge in [-0.1, -0.05) is 41.9 Å². The van der Waals surface area contributed by atoms with Gasteiger partial charge in [-0.15, -0.1) is 0 Å². The second-order valence-corrected chi connectivity index (χ2v) is 8.10. The van der Waals surface area contributed by atoms with Gasteiger partial charge in [0.25, 0.3) is 0 Å². The normalized spacial score (nSPS) is 18.9. The van der Waals surface area contributed by atoms with Crippen molar-refractivity contribution in [1.29, 1.82) is 0 Å². The van der Waals surface area contributed by atoms with Gasteiger partial charge in [0.05, 0.1) is 0 Å². The fourth-order valence-electron chi connectivity index (χ4n) is 4.06. The van der Waals surface area contributed by atoms with Crippen molar-refractivity contribution in [3.05, 3.63) is 65.2 Å². The van der Waals surface area contributed by atoms with E-state index in [0.717, 1.165) is 37.8 Å². The molecule has 2 fully saturated rings. The largest absolute Gasteiger partial charge is 0.321 e. The number of hydrogen-bond acceptors (Lipinski definition) is 2. The Morgan fingerprint density at radius 1 is 1.00 bits per heavy atom. The van der Waals surface area contributed by atoms with Crippen molar-refractivity contribution in [3.63, 3.8) is 0 Å². The summed E-state index contributed by atoms with van der Waals surface area (Å²) >= 11 is 5.88. The Kier molecular flexibility index (Phi) is 5.65. The highest BCUT2D eigenvalue weighted by Crippen LogP contribution is 2.26. The van der Waals surface area contributed by atoms with Gasteiger partial charge in [-0.05, 0) is 68.1 Å². The van der Waals surface area contributed by atoms with Crippen LogP contribution in [0.2, 0.25) is 5.02 Å². The van der Waals surface area contributed by atoms with E-state index in [0.29, 0.717) is 11.1 Å². The van der Waals surface area contributed by atoms with Crippen molar-refractivity contribution in [3.8, 4) is 0 Å². The van der Waals surface area contributed by atoms with Crippen molar-refractivity contribution < 1.29 is 4.79 Å². The number of likely N-dealkylation sites (tertiary alicyclic amines) is 2. The fraction of sp³-hybridized carbons (Fsp3) is 0.409. The molecule has 2 heterocycles. The highest BCUT2D eigenvalue weighted by molar-refractivity contribution is 6.30. The lowest BCUT2D eigenvalue weighted by molar-refractivity contribution is 0.0383. The van der Waals surface area contributed by atoms with Crippen LogP contribution in [0.4, 0.5) is 10.5 Å². The van der Waals surface area contributed by atoms with E-state index in [1.807, 2.05) is 17.0 Å². The second-order valence-electron chi connectivity index (χ2n) is 7.66. The lowest BCUT2D eigenvalue weighted by Crippen LogP contribution is -2.63. The number of carbonyl (C=O) groups is 1. The van der Waals surface area contributed by atoms with Crippen LogP contribution < -0.4 is 5.32 Å². The van der Waals surface area contributed by atoms with Crippen molar-refractivity contribution in [2.75, 3.05) is 31.5 Å². The Hall–Kier alpha value is -2.04. The van der Waals surface area contributed by atoms with Crippen LogP contribution in [0.1, 0.15) is 18.4 Å². The molecular formula is C22H26ClN3O. The summed E-state index contributed by atoms with van der Waals surface area (Å²) in [6.45, 7) is 3.94. The van der Waals surface area contributed by atoms with Gasteiger partial charge in [0.1, 0.15) is 0 Å². The Morgan fingerprint density at radius 3 is 2.33 bits per heavy atom. The number of carbonyl (C=O) groups excluding carboxylic acids is 1. The number of piperidine rings is 1. The molecule has 0 spiro atoms. The van der Waals surface area contributed by atoms with Crippen LogP contribution in [0, 0.1) is 5.92 Å². The Morgan fingerprint density at radius 2 is 1.67 bits per heavy atom.